The number of hydrogen-bond donors (Lipinski definition) is 1. The lowest BCUT2D eigenvalue weighted by Crippen LogP contribution is -2.25. The number of aromatic nitrogens is 3. The van der Waals surface area contributed by atoms with E-state index in [0.29, 0.717) is 17.5 Å². The molecule has 7 heteroatoms. The summed E-state index contributed by atoms with van der Waals surface area (Å²) in [6, 6.07) is 6.55. The minimum Gasteiger partial charge on any atom is -0.350 e. The van der Waals surface area contributed by atoms with Gasteiger partial charge in [-0.15, -0.1) is 0 Å². The van der Waals surface area contributed by atoms with Gasteiger partial charge in [0.1, 0.15) is 5.82 Å². The average molecular weight is 310 g/mol. The third kappa shape index (κ3) is 4.01. The molecule has 1 aromatic carbocycles. The summed E-state index contributed by atoms with van der Waals surface area (Å²) in [6.07, 6.45) is 0. The maximum atomic E-state index is 13.6. The van der Waals surface area contributed by atoms with Gasteiger partial charge in [-0.2, -0.15) is 15.0 Å². The number of nitrogens with one attached hydrogen (secondary N) is 1. The summed E-state index contributed by atoms with van der Waals surface area (Å²) >= 11 is 5.92. The van der Waals surface area contributed by atoms with Crippen LogP contribution >= 0.6 is 11.6 Å². The molecule has 0 fully saturated rings. The predicted octanol–water partition coefficient (Wildman–Crippen LogP) is 3.12. The second-order valence-corrected chi connectivity index (χ2v) is 4.68. The minimum atomic E-state index is -0.269. The van der Waals surface area contributed by atoms with E-state index in [-0.39, 0.29) is 17.6 Å². The van der Waals surface area contributed by atoms with E-state index in [1.54, 1.807) is 18.2 Å². The largest absolute Gasteiger partial charge is 0.350 e. The third-order valence-corrected chi connectivity index (χ3v) is 3.21. The van der Waals surface area contributed by atoms with Gasteiger partial charge >= 0.3 is 0 Å². The molecule has 2 rings (SSSR count). The van der Waals surface area contributed by atoms with Crippen molar-refractivity contribution in [3.8, 4) is 0 Å². The first-order chi connectivity index (χ1) is 10.1. The van der Waals surface area contributed by atoms with E-state index in [0.717, 1.165) is 13.1 Å². The Labute approximate surface area is 128 Å². The second kappa shape index (κ2) is 7.17. The van der Waals surface area contributed by atoms with Crippen molar-refractivity contribution in [2.45, 2.75) is 20.4 Å². The van der Waals surface area contributed by atoms with Crippen LogP contribution in [0.2, 0.25) is 5.28 Å². The van der Waals surface area contributed by atoms with Crippen LogP contribution < -0.4 is 10.2 Å². The highest BCUT2D eigenvalue weighted by molar-refractivity contribution is 6.28. The molecule has 0 aliphatic carbocycles. The van der Waals surface area contributed by atoms with E-state index in [2.05, 4.69) is 20.3 Å². The Morgan fingerprint density at radius 2 is 1.86 bits per heavy atom. The standard InChI is InChI=1S/C14H17ClFN5/c1-3-21(4-2)14-19-12(15)18-13(20-14)17-9-10-7-5-6-8-11(10)16/h5-8H,3-4,9H2,1-2H3,(H,17,18,19,20). The third-order valence-electron chi connectivity index (χ3n) is 3.04. The van der Waals surface area contributed by atoms with E-state index in [4.69, 9.17) is 11.6 Å². The van der Waals surface area contributed by atoms with Gasteiger partial charge in [0, 0.05) is 25.2 Å². The quantitative estimate of drug-likeness (QED) is 0.888. The first kappa shape index (κ1) is 15.4. The Bertz CT molecular complexity index is 604. The highest BCUT2D eigenvalue weighted by atomic mass is 35.5. The van der Waals surface area contributed by atoms with Crippen LogP contribution in [0.5, 0.6) is 0 Å². The van der Waals surface area contributed by atoms with Crippen molar-refractivity contribution in [3.05, 3.63) is 40.9 Å². The molecule has 1 heterocycles. The van der Waals surface area contributed by atoms with Gasteiger partial charge in [-0.25, -0.2) is 4.39 Å². The van der Waals surface area contributed by atoms with Gasteiger partial charge in [0.25, 0.3) is 0 Å². The molecule has 5 nitrogen and oxygen atoms in total. The molecule has 0 amide bonds. The molecule has 1 N–H and O–H groups in total. The monoisotopic (exact) mass is 309 g/mol. The zero-order valence-electron chi connectivity index (χ0n) is 12.0. The van der Waals surface area contributed by atoms with Crippen molar-refractivity contribution in [2.75, 3.05) is 23.3 Å². The molecule has 0 aliphatic rings. The van der Waals surface area contributed by atoms with Crippen molar-refractivity contribution in [1.82, 2.24) is 15.0 Å². The molecule has 21 heavy (non-hydrogen) atoms. The topological polar surface area (TPSA) is 53.9 Å². The molecule has 0 unspecified atom stereocenters. The maximum absolute atomic E-state index is 13.6. The zero-order chi connectivity index (χ0) is 15.2. The van der Waals surface area contributed by atoms with Gasteiger partial charge in [-0.05, 0) is 31.5 Å². The van der Waals surface area contributed by atoms with Gasteiger partial charge in [0.15, 0.2) is 0 Å². The number of nitrogens with zero attached hydrogens (tertiary/aromatic N) is 4. The van der Waals surface area contributed by atoms with Gasteiger partial charge in [-0.1, -0.05) is 18.2 Å². The minimum absolute atomic E-state index is 0.114. The van der Waals surface area contributed by atoms with Crippen LogP contribution in [-0.2, 0) is 6.54 Å². The molecule has 0 atom stereocenters. The smallest absolute Gasteiger partial charge is 0.231 e. The van der Waals surface area contributed by atoms with Crippen LogP contribution in [0.15, 0.2) is 24.3 Å². The van der Waals surface area contributed by atoms with Crippen molar-refractivity contribution in [2.24, 2.45) is 0 Å². The number of hydrogen-bond acceptors (Lipinski definition) is 5. The Balaban J connectivity index is 2.15. The molecule has 0 spiro atoms. The van der Waals surface area contributed by atoms with E-state index in [9.17, 15) is 4.39 Å². The first-order valence-electron chi connectivity index (χ1n) is 6.77. The Kier molecular flexibility index (Phi) is 5.27. The van der Waals surface area contributed by atoms with Crippen LogP contribution in [0.4, 0.5) is 16.3 Å². The zero-order valence-corrected chi connectivity index (χ0v) is 12.7. The molecule has 0 aliphatic heterocycles. The van der Waals surface area contributed by atoms with Gasteiger partial charge < -0.3 is 10.2 Å². The van der Waals surface area contributed by atoms with Crippen LogP contribution in [-0.4, -0.2) is 28.0 Å². The fraction of sp³-hybridized carbons (Fsp3) is 0.357. The molecular formula is C14H17ClFN5. The van der Waals surface area contributed by atoms with Crippen LogP contribution in [0, 0.1) is 5.82 Å². The number of anilines is 2. The number of benzene rings is 1. The van der Waals surface area contributed by atoms with Crippen molar-refractivity contribution in [3.63, 3.8) is 0 Å². The molecule has 0 saturated carbocycles. The fourth-order valence-corrected chi connectivity index (χ4v) is 2.04. The Hall–Kier alpha value is -1.95. The number of rotatable bonds is 6. The summed E-state index contributed by atoms with van der Waals surface area (Å²) < 4.78 is 13.6. The highest BCUT2D eigenvalue weighted by Crippen LogP contribution is 2.15. The first-order valence-corrected chi connectivity index (χ1v) is 7.15. The van der Waals surface area contributed by atoms with E-state index >= 15 is 0 Å². The van der Waals surface area contributed by atoms with Crippen molar-refractivity contribution >= 4 is 23.5 Å². The average Bonchev–Trinajstić information content (AvgIpc) is 2.47. The summed E-state index contributed by atoms with van der Waals surface area (Å²) in [5.41, 5.74) is 0.540. The molecule has 0 radical (unpaired) electrons. The molecule has 1 aromatic heterocycles. The summed E-state index contributed by atoms with van der Waals surface area (Å²) in [6.45, 7) is 5.83. The lowest BCUT2D eigenvalue weighted by atomic mass is 10.2. The van der Waals surface area contributed by atoms with Gasteiger partial charge in [0.2, 0.25) is 17.2 Å². The maximum Gasteiger partial charge on any atom is 0.231 e. The van der Waals surface area contributed by atoms with Crippen LogP contribution in [0.3, 0.4) is 0 Å². The van der Waals surface area contributed by atoms with E-state index in [1.807, 2.05) is 18.7 Å². The van der Waals surface area contributed by atoms with Gasteiger partial charge in [0.05, 0.1) is 0 Å². The molecule has 112 valence electrons. The summed E-state index contributed by atoms with van der Waals surface area (Å²) in [5, 5.41) is 3.09. The summed E-state index contributed by atoms with van der Waals surface area (Å²) in [5.74, 6) is 0.574. The summed E-state index contributed by atoms with van der Waals surface area (Å²) in [4.78, 5) is 14.4. The lowest BCUT2D eigenvalue weighted by molar-refractivity contribution is 0.612. The Morgan fingerprint density at radius 1 is 1.14 bits per heavy atom. The van der Waals surface area contributed by atoms with Crippen LogP contribution in [0.1, 0.15) is 19.4 Å². The van der Waals surface area contributed by atoms with E-state index < -0.39 is 0 Å². The number of halogens is 2. The lowest BCUT2D eigenvalue weighted by Gasteiger charge is -2.18. The molecule has 0 saturated heterocycles. The van der Waals surface area contributed by atoms with Crippen molar-refractivity contribution < 1.29 is 4.39 Å². The second-order valence-electron chi connectivity index (χ2n) is 4.35. The predicted molar refractivity (Wildman–Crippen MR) is 82.1 cm³/mol. The van der Waals surface area contributed by atoms with Crippen LogP contribution in [0.25, 0.3) is 0 Å². The Morgan fingerprint density at radius 3 is 2.52 bits per heavy atom. The molecule has 2 aromatic rings. The highest BCUT2D eigenvalue weighted by Gasteiger charge is 2.10. The van der Waals surface area contributed by atoms with Gasteiger partial charge in [-0.3, -0.25) is 0 Å². The SMILES string of the molecule is CCN(CC)c1nc(Cl)nc(NCc2ccccc2F)n1. The summed E-state index contributed by atoms with van der Waals surface area (Å²) in [7, 11) is 0. The van der Waals surface area contributed by atoms with Crippen molar-refractivity contribution in [1.29, 1.82) is 0 Å². The van der Waals surface area contributed by atoms with E-state index in [1.165, 1.54) is 6.07 Å². The molecule has 0 bridgehead atoms. The normalized spacial score (nSPS) is 10.5. The molecular weight excluding hydrogens is 293 g/mol. The fourth-order valence-electron chi connectivity index (χ4n) is 1.88.